The number of hydrogen-bond acceptors (Lipinski definition) is 2. The summed E-state index contributed by atoms with van der Waals surface area (Å²) in [5.41, 5.74) is 3.86. The average molecular weight is 292 g/mol. The van der Waals surface area contributed by atoms with Crippen LogP contribution in [-0.2, 0) is 5.75 Å². The van der Waals surface area contributed by atoms with E-state index in [0.717, 1.165) is 10.8 Å². The predicted molar refractivity (Wildman–Crippen MR) is 84.1 cm³/mol. The van der Waals surface area contributed by atoms with E-state index in [2.05, 4.69) is 30.1 Å². The van der Waals surface area contributed by atoms with Crippen LogP contribution in [0.5, 0.6) is 0 Å². The van der Waals surface area contributed by atoms with Gasteiger partial charge in [0.25, 0.3) is 0 Å². The highest BCUT2D eigenvalue weighted by Gasteiger charge is 2.21. The van der Waals surface area contributed by atoms with Crippen molar-refractivity contribution in [1.29, 1.82) is 0 Å². The van der Waals surface area contributed by atoms with Crippen molar-refractivity contribution in [2.75, 3.05) is 0 Å². The average Bonchev–Trinajstić information content (AvgIpc) is 2.59. The molecule has 0 N–H and O–H groups in total. The van der Waals surface area contributed by atoms with Gasteiger partial charge >= 0.3 is 0 Å². The standard InChI is InChI=1S/C14H12ClNS.C2H6/c1-9-12-5-4-11(15)7-13(12)17-8-10-3-2-6-16-14(9)10;1-2/h2-7,9H,8H2,1H3;1-2H3. The topological polar surface area (TPSA) is 12.9 Å². The second-order valence-electron chi connectivity index (χ2n) is 4.24. The summed E-state index contributed by atoms with van der Waals surface area (Å²) in [7, 11) is 0. The Hall–Kier alpha value is -0.990. The summed E-state index contributed by atoms with van der Waals surface area (Å²) < 4.78 is 0. The van der Waals surface area contributed by atoms with Gasteiger partial charge in [-0.05, 0) is 29.3 Å². The van der Waals surface area contributed by atoms with Gasteiger partial charge in [-0.25, -0.2) is 0 Å². The SMILES string of the molecule is CC.CC1c2ccc(Cl)cc2SCc2cccnc21. The van der Waals surface area contributed by atoms with Crippen LogP contribution in [-0.4, -0.2) is 4.98 Å². The molecule has 0 aliphatic carbocycles. The molecule has 0 spiro atoms. The lowest BCUT2D eigenvalue weighted by Crippen LogP contribution is -2.01. The third-order valence-electron chi connectivity index (χ3n) is 3.16. The van der Waals surface area contributed by atoms with E-state index in [0.29, 0.717) is 5.92 Å². The first-order valence-corrected chi connectivity index (χ1v) is 7.98. The van der Waals surface area contributed by atoms with Crippen molar-refractivity contribution in [3.63, 3.8) is 0 Å². The van der Waals surface area contributed by atoms with Crippen LogP contribution in [0.2, 0.25) is 5.02 Å². The van der Waals surface area contributed by atoms with E-state index >= 15 is 0 Å². The molecule has 0 saturated heterocycles. The van der Waals surface area contributed by atoms with E-state index in [4.69, 9.17) is 11.6 Å². The van der Waals surface area contributed by atoms with Gasteiger partial charge in [-0.1, -0.05) is 44.5 Å². The first-order chi connectivity index (χ1) is 9.25. The Bertz CT molecular complexity index is 568. The highest BCUT2D eigenvalue weighted by Crippen LogP contribution is 2.40. The fourth-order valence-electron chi connectivity index (χ4n) is 2.26. The smallest absolute Gasteiger partial charge is 0.0516 e. The number of pyridine rings is 1. The fourth-order valence-corrected chi connectivity index (χ4v) is 3.67. The molecule has 2 aromatic rings. The summed E-state index contributed by atoms with van der Waals surface area (Å²) in [5.74, 6) is 1.31. The van der Waals surface area contributed by atoms with Gasteiger partial charge < -0.3 is 0 Å². The zero-order valence-electron chi connectivity index (χ0n) is 11.5. The van der Waals surface area contributed by atoms with Gasteiger partial charge in [-0.3, -0.25) is 4.98 Å². The maximum absolute atomic E-state index is 6.06. The lowest BCUT2D eigenvalue weighted by molar-refractivity contribution is 0.843. The van der Waals surface area contributed by atoms with Crippen molar-refractivity contribution < 1.29 is 0 Å². The number of hydrogen-bond donors (Lipinski definition) is 0. The minimum absolute atomic E-state index is 0.341. The van der Waals surface area contributed by atoms with Crippen LogP contribution >= 0.6 is 23.4 Å². The molecule has 3 heteroatoms. The molecule has 1 aromatic carbocycles. The zero-order valence-corrected chi connectivity index (χ0v) is 13.1. The van der Waals surface area contributed by atoms with E-state index in [-0.39, 0.29) is 0 Å². The molecule has 1 aromatic heterocycles. The molecule has 19 heavy (non-hydrogen) atoms. The van der Waals surface area contributed by atoms with Crippen LogP contribution in [0, 0.1) is 0 Å². The number of aromatic nitrogens is 1. The first kappa shape index (κ1) is 14.4. The van der Waals surface area contributed by atoms with Crippen LogP contribution < -0.4 is 0 Å². The van der Waals surface area contributed by atoms with Gasteiger partial charge in [0.15, 0.2) is 0 Å². The molecule has 1 unspecified atom stereocenters. The molecule has 100 valence electrons. The van der Waals surface area contributed by atoms with Gasteiger partial charge in [0, 0.05) is 27.8 Å². The molecule has 0 amide bonds. The normalized spacial score (nSPS) is 16.5. The molecule has 3 rings (SSSR count). The molecule has 0 saturated carbocycles. The number of rotatable bonds is 0. The minimum atomic E-state index is 0.341. The van der Waals surface area contributed by atoms with Crippen molar-refractivity contribution in [3.05, 3.63) is 58.4 Å². The van der Waals surface area contributed by atoms with E-state index in [1.807, 2.05) is 43.9 Å². The molecule has 0 fully saturated rings. The van der Waals surface area contributed by atoms with Crippen molar-refractivity contribution in [3.8, 4) is 0 Å². The van der Waals surface area contributed by atoms with E-state index in [1.165, 1.54) is 21.7 Å². The van der Waals surface area contributed by atoms with E-state index in [1.54, 1.807) is 0 Å². The Morgan fingerprint density at radius 3 is 2.84 bits per heavy atom. The molecular weight excluding hydrogens is 274 g/mol. The Morgan fingerprint density at radius 1 is 1.26 bits per heavy atom. The second-order valence-corrected chi connectivity index (χ2v) is 5.69. The third-order valence-corrected chi connectivity index (χ3v) is 4.52. The van der Waals surface area contributed by atoms with Crippen LogP contribution in [0.25, 0.3) is 0 Å². The Labute approximate surface area is 124 Å². The number of benzene rings is 1. The first-order valence-electron chi connectivity index (χ1n) is 6.62. The van der Waals surface area contributed by atoms with Gasteiger partial charge in [0.2, 0.25) is 0 Å². The highest BCUT2D eigenvalue weighted by molar-refractivity contribution is 7.98. The monoisotopic (exact) mass is 291 g/mol. The number of nitrogens with zero attached hydrogens (tertiary/aromatic N) is 1. The van der Waals surface area contributed by atoms with Crippen LogP contribution in [0.15, 0.2) is 41.4 Å². The molecule has 1 aliphatic heterocycles. The number of thioether (sulfide) groups is 1. The summed E-state index contributed by atoms with van der Waals surface area (Å²) in [6.07, 6.45) is 1.88. The molecule has 2 heterocycles. The Kier molecular flexibility index (Phi) is 4.89. The Balaban J connectivity index is 0.000000637. The maximum atomic E-state index is 6.06. The molecule has 1 atom stereocenters. The van der Waals surface area contributed by atoms with Gasteiger partial charge in [-0.15, -0.1) is 11.8 Å². The van der Waals surface area contributed by atoms with Gasteiger partial charge in [0.05, 0.1) is 5.69 Å². The second kappa shape index (κ2) is 6.44. The van der Waals surface area contributed by atoms with Crippen molar-refractivity contribution in [1.82, 2.24) is 4.98 Å². The van der Waals surface area contributed by atoms with Crippen LogP contribution in [0.4, 0.5) is 0 Å². The van der Waals surface area contributed by atoms with Crippen molar-refractivity contribution in [2.24, 2.45) is 0 Å². The summed E-state index contributed by atoms with van der Waals surface area (Å²) in [4.78, 5) is 5.82. The molecule has 1 nitrogen and oxygen atoms in total. The summed E-state index contributed by atoms with van der Waals surface area (Å²) in [6, 6.07) is 10.3. The van der Waals surface area contributed by atoms with Gasteiger partial charge in [-0.2, -0.15) is 0 Å². The van der Waals surface area contributed by atoms with Crippen molar-refractivity contribution in [2.45, 2.75) is 37.3 Å². The Morgan fingerprint density at radius 2 is 2.05 bits per heavy atom. The third kappa shape index (κ3) is 2.96. The quantitative estimate of drug-likeness (QED) is 0.634. The summed E-state index contributed by atoms with van der Waals surface area (Å²) in [5, 5.41) is 0.808. The number of halogens is 1. The summed E-state index contributed by atoms with van der Waals surface area (Å²) >= 11 is 7.91. The zero-order chi connectivity index (χ0) is 13.8. The molecule has 0 radical (unpaired) electrons. The fraction of sp³-hybridized carbons (Fsp3) is 0.312. The van der Waals surface area contributed by atoms with E-state index < -0.39 is 0 Å². The largest absolute Gasteiger partial charge is 0.260 e. The maximum Gasteiger partial charge on any atom is 0.0516 e. The van der Waals surface area contributed by atoms with Crippen LogP contribution in [0.1, 0.15) is 43.5 Å². The van der Waals surface area contributed by atoms with E-state index in [9.17, 15) is 0 Å². The molecule has 0 bridgehead atoms. The van der Waals surface area contributed by atoms with Crippen LogP contribution in [0.3, 0.4) is 0 Å². The summed E-state index contributed by atoms with van der Waals surface area (Å²) in [6.45, 7) is 6.21. The molecule has 1 aliphatic rings. The van der Waals surface area contributed by atoms with Crippen molar-refractivity contribution >= 4 is 23.4 Å². The number of fused-ring (bicyclic) bond motifs is 2. The minimum Gasteiger partial charge on any atom is -0.260 e. The molecular formula is C16H18ClNS. The lowest BCUT2D eigenvalue weighted by atomic mass is 9.95. The van der Waals surface area contributed by atoms with Gasteiger partial charge in [0.1, 0.15) is 0 Å². The highest BCUT2D eigenvalue weighted by atomic mass is 35.5. The lowest BCUT2D eigenvalue weighted by Gasteiger charge is -2.13. The predicted octanol–water partition coefficient (Wildman–Crippen LogP) is 5.52.